The number of thiophene rings is 1. The van der Waals surface area contributed by atoms with Gasteiger partial charge < -0.3 is 20.3 Å². The van der Waals surface area contributed by atoms with Gasteiger partial charge in [0.1, 0.15) is 6.54 Å². The number of nitrogens with one attached hydrogen (secondary N) is 2. The maximum atomic E-state index is 11.9. The highest BCUT2D eigenvalue weighted by atomic mass is 32.1. The number of amides is 1. The van der Waals surface area contributed by atoms with Crippen molar-refractivity contribution in [1.82, 2.24) is 15.5 Å². The van der Waals surface area contributed by atoms with Crippen LogP contribution in [0.4, 0.5) is 0 Å². The van der Waals surface area contributed by atoms with Gasteiger partial charge in [-0.25, -0.2) is 4.99 Å². The van der Waals surface area contributed by atoms with Crippen LogP contribution in [0.15, 0.2) is 22.5 Å². The summed E-state index contributed by atoms with van der Waals surface area (Å²) in [5.41, 5.74) is 0. The van der Waals surface area contributed by atoms with Gasteiger partial charge in [0.25, 0.3) is 0 Å². The van der Waals surface area contributed by atoms with Crippen LogP contribution in [0.5, 0.6) is 0 Å². The van der Waals surface area contributed by atoms with E-state index < -0.39 is 0 Å². The molecule has 1 aromatic rings. The Hall–Kier alpha value is -2.09. The lowest BCUT2D eigenvalue weighted by Crippen LogP contribution is -2.46. The second-order valence-corrected chi connectivity index (χ2v) is 8.19. The molecule has 0 saturated heterocycles. The quantitative estimate of drug-likeness (QED) is 0.391. The van der Waals surface area contributed by atoms with Crippen molar-refractivity contribution < 1.29 is 14.3 Å². The van der Waals surface area contributed by atoms with E-state index in [1.54, 1.807) is 25.4 Å². The Kier molecular flexibility index (Phi) is 9.27. The number of likely N-dealkylation sites (N-methyl/N-ethyl adjacent to an activating group) is 1. The molecule has 0 unspecified atom stereocenters. The largest absolute Gasteiger partial charge is 0.466 e. The van der Waals surface area contributed by atoms with Crippen LogP contribution < -0.4 is 10.6 Å². The van der Waals surface area contributed by atoms with Crippen molar-refractivity contribution in [1.29, 1.82) is 0 Å². The number of aliphatic imine (C=N–C) groups is 1. The Morgan fingerprint density at radius 2 is 2.04 bits per heavy atom. The van der Waals surface area contributed by atoms with Crippen LogP contribution in [-0.2, 0) is 20.7 Å². The standard InChI is InChI=1S/C20H32N4O3S/c1-4-27-19(26)15-7-9-16(10-8-15)23-20(22-14-18(25)24(2)3)21-12-11-17-6-5-13-28-17/h5-6,13,15-16H,4,7-12,14H2,1-3H3,(H2,21,22,23). The third kappa shape index (κ3) is 7.50. The van der Waals surface area contributed by atoms with Gasteiger partial charge in [-0.3, -0.25) is 9.59 Å². The first-order chi connectivity index (χ1) is 13.5. The fraction of sp³-hybridized carbons (Fsp3) is 0.650. The van der Waals surface area contributed by atoms with Gasteiger partial charge in [0, 0.05) is 31.6 Å². The van der Waals surface area contributed by atoms with E-state index in [-0.39, 0.29) is 30.4 Å². The zero-order chi connectivity index (χ0) is 20.4. The van der Waals surface area contributed by atoms with Crippen molar-refractivity contribution in [3.63, 3.8) is 0 Å². The van der Waals surface area contributed by atoms with Crippen LogP contribution in [0.3, 0.4) is 0 Å². The maximum absolute atomic E-state index is 11.9. The molecule has 1 aromatic heterocycles. The number of guanidine groups is 1. The fourth-order valence-electron chi connectivity index (χ4n) is 3.13. The molecular weight excluding hydrogens is 376 g/mol. The summed E-state index contributed by atoms with van der Waals surface area (Å²) in [6, 6.07) is 4.40. The predicted molar refractivity (Wildman–Crippen MR) is 113 cm³/mol. The molecule has 0 spiro atoms. The predicted octanol–water partition coefficient (Wildman–Crippen LogP) is 2.04. The average Bonchev–Trinajstić information content (AvgIpc) is 3.19. The van der Waals surface area contributed by atoms with Gasteiger partial charge in [-0.15, -0.1) is 11.3 Å². The zero-order valence-corrected chi connectivity index (χ0v) is 17.9. The lowest BCUT2D eigenvalue weighted by molar-refractivity contribution is -0.149. The van der Waals surface area contributed by atoms with E-state index in [1.165, 1.54) is 9.78 Å². The number of carbonyl (C=O) groups excluding carboxylic acids is 2. The van der Waals surface area contributed by atoms with E-state index in [1.807, 2.05) is 13.0 Å². The lowest BCUT2D eigenvalue weighted by Gasteiger charge is -2.29. The summed E-state index contributed by atoms with van der Waals surface area (Å²) in [7, 11) is 3.46. The minimum Gasteiger partial charge on any atom is -0.466 e. The SMILES string of the molecule is CCOC(=O)C1CCC(NC(=NCC(=O)N(C)C)NCCc2cccs2)CC1. The third-order valence-corrected chi connectivity index (χ3v) is 5.74. The van der Waals surface area contributed by atoms with Gasteiger partial charge in [-0.05, 0) is 50.5 Å². The van der Waals surface area contributed by atoms with Crippen LogP contribution in [0.25, 0.3) is 0 Å². The molecule has 1 heterocycles. The van der Waals surface area contributed by atoms with Crippen molar-refractivity contribution in [2.75, 3.05) is 33.8 Å². The lowest BCUT2D eigenvalue weighted by atomic mass is 9.86. The van der Waals surface area contributed by atoms with Gasteiger partial charge >= 0.3 is 5.97 Å². The van der Waals surface area contributed by atoms with Crippen molar-refractivity contribution in [3.8, 4) is 0 Å². The summed E-state index contributed by atoms with van der Waals surface area (Å²) >= 11 is 1.73. The summed E-state index contributed by atoms with van der Waals surface area (Å²) in [6.45, 7) is 3.13. The van der Waals surface area contributed by atoms with E-state index in [0.29, 0.717) is 12.6 Å². The van der Waals surface area contributed by atoms with Crippen LogP contribution >= 0.6 is 11.3 Å². The molecule has 7 nitrogen and oxygen atoms in total. The molecule has 1 aliphatic rings. The molecule has 1 amide bonds. The second kappa shape index (κ2) is 11.7. The summed E-state index contributed by atoms with van der Waals surface area (Å²) in [5, 5.41) is 8.85. The topological polar surface area (TPSA) is 83.0 Å². The average molecular weight is 409 g/mol. The van der Waals surface area contributed by atoms with E-state index in [0.717, 1.165) is 38.6 Å². The molecule has 0 radical (unpaired) electrons. The van der Waals surface area contributed by atoms with Gasteiger partial charge in [-0.1, -0.05) is 6.07 Å². The molecule has 1 aliphatic carbocycles. The Bertz CT molecular complexity index is 638. The van der Waals surface area contributed by atoms with Gasteiger partial charge in [-0.2, -0.15) is 0 Å². The summed E-state index contributed by atoms with van der Waals surface area (Å²) in [6.07, 6.45) is 4.31. The molecule has 0 atom stereocenters. The van der Waals surface area contributed by atoms with Crippen molar-refractivity contribution in [2.24, 2.45) is 10.9 Å². The van der Waals surface area contributed by atoms with E-state index in [4.69, 9.17) is 4.74 Å². The molecule has 28 heavy (non-hydrogen) atoms. The highest BCUT2D eigenvalue weighted by Crippen LogP contribution is 2.25. The molecule has 1 saturated carbocycles. The van der Waals surface area contributed by atoms with Crippen LogP contribution in [-0.4, -0.2) is 62.6 Å². The third-order valence-electron chi connectivity index (χ3n) is 4.80. The molecule has 0 aliphatic heterocycles. The Morgan fingerprint density at radius 1 is 1.29 bits per heavy atom. The number of nitrogens with zero attached hydrogens (tertiary/aromatic N) is 2. The minimum atomic E-state index is -0.0829. The van der Waals surface area contributed by atoms with Crippen molar-refractivity contribution in [2.45, 2.75) is 45.1 Å². The number of hydrogen-bond donors (Lipinski definition) is 2. The fourth-order valence-corrected chi connectivity index (χ4v) is 3.84. The van der Waals surface area contributed by atoms with Crippen molar-refractivity contribution >= 4 is 29.2 Å². The van der Waals surface area contributed by atoms with Gasteiger partial charge in [0.15, 0.2) is 5.96 Å². The molecule has 2 N–H and O–H groups in total. The smallest absolute Gasteiger partial charge is 0.308 e. The monoisotopic (exact) mass is 408 g/mol. The number of hydrogen-bond acceptors (Lipinski definition) is 5. The number of esters is 1. The first-order valence-corrected chi connectivity index (χ1v) is 10.8. The van der Waals surface area contributed by atoms with Gasteiger partial charge in [0.2, 0.25) is 5.91 Å². The molecule has 2 rings (SSSR count). The van der Waals surface area contributed by atoms with Crippen molar-refractivity contribution in [3.05, 3.63) is 22.4 Å². The number of ether oxygens (including phenoxy) is 1. The molecular formula is C20H32N4O3S. The maximum Gasteiger partial charge on any atom is 0.308 e. The van der Waals surface area contributed by atoms with Gasteiger partial charge in [0.05, 0.1) is 12.5 Å². The summed E-state index contributed by atoms with van der Waals surface area (Å²) in [4.78, 5) is 31.1. The molecule has 8 heteroatoms. The first kappa shape index (κ1) is 22.2. The highest BCUT2D eigenvalue weighted by Gasteiger charge is 2.27. The number of rotatable bonds is 8. The minimum absolute atomic E-state index is 0.000459. The first-order valence-electron chi connectivity index (χ1n) is 9.93. The van der Waals surface area contributed by atoms with Crippen LogP contribution in [0.2, 0.25) is 0 Å². The van der Waals surface area contributed by atoms with E-state index in [2.05, 4.69) is 27.1 Å². The normalized spacial score (nSPS) is 19.8. The summed E-state index contributed by atoms with van der Waals surface area (Å²) in [5.74, 6) is 0.540. The Morgan fingerprint density at radius 3 is 2.64 bits per heavy atom. The number of carbonyl (C=O) groups is 2. The molecule has 0 bridgehead atoms. The molecule has 1 fully saturated rings. The van der Waals surface area contributed by atoms with Crippen LogP contribution in [0, 0.1) is 5.92 Å². The molecule has 0 aromatic carbocycles. The highest BCUT2D eigenvalue weighted by molar-refractivity contribution is 7.09. The van der Waals surface area contributed by atoms with E-state index in [9.17, 15) is 9.59 Å². The summed E-state index contributed by atoms with van der Waals surface area (Å²) < 4.78 is 5.14. The second-order valence-electron chi connectivity index (χ2n) is 7.15. The Labute approximate surface area is 171 Å². The van der Waals surface area contributed by atoms with E-state index >= 15 is 0 Å². The zero-order valence-electron chi connectivity index (χ0n) is 17.1. The van der Waals surface area contributed by atoms with Crippen LogP contribution in [0.1, 0.15) is 37.5 Å². The molecule has 156 valence electrons. The Balaban J connectivity index is 1.86.